The highest BCUT2D eigenvalue weighted by Crippen LogP contribution is 2.28. The quantitative estimate of drug-likeness (QED) is 0.710. The number of hydrogen-bond donors (Lipinski definition) is 3. The van der Waals surface area contributed by atoms with Crippen molar-refractivity contribution in [1.82, 2.24) is 0 Å². The van der Waals surface area contributed by atoms with E-state index in [1.165, 1.54) is 0 Å². The largest absolute Gasteiger partial charge is 0.494 e. The molecule has 0 fully saturated rings. The van der Waals surface area contributed by atoms with Gasteiger partial charge in [0.25, 0.3) is 0 Å². The normalized spacial score (nSPS) is 13.8. The molecule has 0 amide bonds. The Morgan fingerprint density at radius 2 is 2.00 bits per heavy atom. The van der Waals surface area contributed by atoms with Gasteiger partial charge in [0.1, 0.15) is 5.75 Å². The summed E-state index contributed by atoms with van der Waals surface area (Å²) >= 11 is 0. The van der Waals surface area contributed by atoms with Crippen LogP contribution in [0.5, 0.6) is 5.75 Å². The summed E-state index contributed by atoms with van der Waals surface area (Å²) in [5.74, 6) is -0.118. The summed E-state index contributed by atoms with van der Waals surface area (Å²) in [6.07, 6.45) is -0.682. The fraction of sp³-hybridized carbons (Fsp3) is 0.533. The predicted molar refractivity (Wildman–Crippen MR) is 76.9 cm³/mol. The minimum atomic E-state index is -0.910. The molecule has 0 saturated heterocycles. The second-order valence-corrected chi connectivity index (χ2v) is 4.95. The number of carboxylic acids is 1. The van der Waals surface area contributed by atoms with E-state index in [4.69, 9.17) is 15.6 Å². The molecule has 2 atom stereocenters. The lowest BCUT2D eigenvalue weighted by atomic mass is 9.94. The Bertz CT molecular complexity index is 473. The molecule has 0 aliphatic carbocycles. The van der Waals surface area contributed by atoms with Gasteiger partial charge in [-0.05, 0) is 56.0 Å². The van der Waals surface area contributed by atoms with Crippen molar-refractivity contribution in [2.45, 2.75) is 45.8 Å². The van der Waals surface area contributed by atoms with Crippen LogP contribution in [0.3, 0.4) is 0 Å². The lowest BCUT2D eigenvalue weighted by Crippen LogP contribution is -2.29. The van der Waals surface area contributed by atoms with Gasteiger partial charge < -0.3 is 20.7 Å². The average Bonchev–Trinajstić information content (AvgIpc) is 2.39. The zero-order valence-electron chi connectivity index (χ0n) is 12.2. The number of aliphatic hydroxyl groups excluding tert-OH is 1. The highest BCUT2D eigenvalue weighted by Gasteiger charge is 2.20. The molecule has 0 aliphatic heterocycles. The molecule has 2 unspecified atom stereocenters. The van der Waals surface area contributed by atoms with E-state index in [0.717, 1.165) is 22.4 Å². The van der Waals surface area contributed by atoms with E-state index in [2.05, 4.69) is 0 Å². The third kappa shape index (κ3) is 4.21. The number of carboxylic acid groups (broad SMARTS) is 1. The third-order valence-corrected chi connectivity index (χ3v) is 3.28. The van der Waals surface area contributed by atoms with Crippen molar-refractivity contribution in [3.63, 3.8) is 0 Å². The number of aryl methyl sites for hydroxylation is 2. The van der Waals surface area contributed by atoms with Crippen LogP contribution in [0, 0.1) is 13.8 Å². The van der Waals surface area contributed by atoms with Crippen LogP contribution in [0.2, 0.25) is 0 Å². The molecule has 0 spiro atoms. The summed E-state index contributed by atoms with van der Waals surface area (Å²) in [6.45, 7) is 6.29. The molecular formula is C15H23NO4. The smallest absolute Gasteiger partial charge is 0.303 e. The number of ether oxygens (including phenoxy) is 1. The maximum absolute atomic E-state index is 10.5. The number of hydrogen-bond acceptors (Lipinski definition) is 4. The highest BCUT2D eigenvalue weighted by molar-refractivity contribution is 5.66. The molecule has 20 heavy (non-hydrogen) atoms. The van der Waals surface area contributed by atoms with Crippen LogP contribution < -0.4 is 10.5 Å². The van der Waals surface area contributed by atoms with Crippen LogP contribution in [0.1, 0.15) is 42.6 Å². The Morgan fingerprint density at radius 3 is 2.55 bits per heavy atom. The van der Waals surface area contributed by atoms with Crippen molar-refractivity contribution < 1.29 is 19.7 Å². The minimum Gasteiger partial charge on any atom is -0.494 e. The van der Waals surface area contributed by atoms with Crippen molar-refractivity contribution in [2.24, 2.45) is 5.73 Å². The van der Waals surface area contributed by atoms with Crippen molar-refractivity contribution in [3.05, 3.63) is 28.8 Å². The van der Waals surface area contributed by atoms with Crippen molar-refractivity contribution in [3.8, 4) is 5.75 Å². The topological polar surface area (TPSA) is 92.8 Å². The van der Waals surface area contributed by atoms with Gasteiger partial charge in [-0.15, -0.1) is 0 Å². The van der Waals surface area contributed by atoms with Crippen molar-refractivity contribution >= 4 is 5.97 Å². The second kappa shape index (κ2) is 7.26. The molecule has 1 aromatic rings. The van der Waals surface area contributed by atoms with Gasteiger partial charge in [-0.25, -0.2) is 0 Å². The molecule has 0 aromatic heterocycles. The van der Waals surface area contributed by atoms with E-state index in [-0.39, 0.29) is 12.8 Å². The standard InChI is InChI=1S/C15H23NO4/c1-4-20-13-8-9(2)11(7-10(13)3)15(19)12(16)5-6-14(17)18/h7-8,12,15,19H,4-6,16H2,1-3H3,(H,17,18). The number of benzene rings is 1. The van der Waals surface area contributed by atoms with Gasteiger partial charge >= 0.3 is 5.97 Å². The number of nitrogens with two attached hydrogens (primary N) is 1. The zero-order valence-corrected chi connectivity index (χ0v) is 12.2. The Morgan fingerprint density at radius 1 is 1.35 bits per heavy atom. The summed E-state index contributed by atoms with van der Waals surface area (Å²) in [6, 6.07) is 3.13. The molecular weight excluding hydrogens is 258 g/mol. The number of aliphatic carboxylic acids is 1. The zero-order chi connectivity index (χ0) is 15.3. The summed E-state index contributed by atoms with van der Waals surface area (Å²) in [4.78, 5) is 10.5. The maximum atomic E-state index is 10.5. The second-order valence-electron chi connectivity index (χ2n) is 4.95. The van der Waals surface area contributed by atoms with Crippen LogP contribution in [0.4, 0.5) is 0 Å². The lowest BCUT2D eigenvalue weighted by Gasteiger charge is -2.22. The fourth-order valence-corrected chi connectivity index (χ4v) is 2.12. The molecule has 0 saturated carbocycles. The summed E-state index contributed by atoms with van der Waals surface area (Å²) in [5, 5.41) is 18.9. The van der Waals surface area contributed by atoms with Crippen molar-refractivity contribution in [2.75, 3.05) is 6.61 Å². The Balaban J connectivity index is 2.89. The van der Waals surface area contributed by atoms with Crippen LogP contribution in [0.25, 0.3) is 0 Å². The first-order chi connectivity index (χ1) is 9.36. The van der Waals surface area contributed by atoms with Gasteiger partial charge in [-0.3, -0.25) is 4.79 Å². The van der Waals surface area contributed by atoms with Gasteiger partial charge in [0, 0.05) is 12.5 Å². The molecule has 5 nitrogen and oxygen atoms in total. The summed E-state index contributed by atoms with van der Waals surface area (Å²) < 4.78 is 5.50. The predicted octanol–water partition coefficient (Wildman–Crippen LogP) is 1.93. The van der Waals surface area contributed by atoms with Crippen LogP contribution in [-0.2, 0) is 4.79 Å². The van der Waals surface area contributed by atoms with Gasteiger partial charge in [-0.1, -0.05) is 0 Å². The monoisotopic (exact) mass is 281 g/mol. The van der Waals surface area contributed by atoms with E-state index < -0.39 is 18.1 Å². The van der Waals surface area contributed by atoms with E-state index in [1.807, 2.05) is 32.9 Å². The Hall–Kier alpha value is -1.59. The van der Waals surface area contributed by atoms with Gasteiger partial charge in [0.2, 0.25) is 0 Å². The first-order valence-corrected chi connectivity index (χ1v) is 6.76. The summed E-state index contributed by atoms with van der Waals surface area (Å²) in [7, 11) is 0. The molecule has 112 valence electrons. The fourth-order valence-electron chi connectivity index (χ4n) is 2.12. The molecule has 1 aromatic carbocycles. The highest BCUT2D eigenvalue weighted by atomic mass is 16.5. The van der Waals surface area contributed by atoms with E-state index in [1.54, 1.807) is 0 Å². The first kappa shape index (κ1) is 16.5. The number of rotatable bonds is 7. The SMILES string of the molecule is CCOc1cc(C)c(C(O)C(N)CCC(=O)O)cc1C. The van der Waals surface area contributed by atoms with Gasteiger partial charge in [0.05, 0.1) is 12.7 Å². The molecule has 1 rings (SSSR count). The third-order valence-electron chi connectivity index (χ3n) is 3.28. The molecule has 0 bridgehead atoms. The van der Waals surface area contributed by atoms with Crippen LogP contribution in [0.15, 0.2) is 12.1 Å². The van der Waals surface area contributed by atoms with E-state index in [0.29, 0.717) is 6.61 Å². The van der Waals surface area contributed by atoms with Crippen LogP contribution in [-0.4, -0.2) is 28.8 Å². The maximum Gasteiger partial charge on any atom is 0.303 e. The lowest BCUT2D eigenvalue weighted by molar-refractivity contribution is -0.137. The molecule has 0 heterocycles. The average molecular weight is 281 g/mol. The van der Waals surface area contributed by atoms with Gasteiger partial charge in [-0.2, -0.15) is 0 Å². The Labute approximate surface area is 119 Å². The molecule has 0 aliphatic rings. The van der Waals surface area contributed by atoms with E-state index >= 15 is 0 Å². The summed E-state index contributed by atoms with van der Waals surface area (Å²) in [5.41, 5.74) is 8.41. The minimum absolute atomic E-state index is 0.0483. The number of carbonyl (C=O) groups is 1. The molecule has 0 radical (unpaired) electrons. The van der Waals surface area contributed by atoms with Gasteiger partial charge in [0.15, 0.2) is 0 Å². The Kier molecular flexibility index (Phi) is 5.98. The first-order valence-electron chi connectivity index (χ1n) is 6.76. The molecule has 5 heteroatoms. The van der Waals surface area contributed by atoms with Crippen LogP contribution >= 0.6 is 0 Å². The van der Waals surface area contributed by atoms with Crippen molar-refractivity contribution in [1.29, 1.82) is 0 Å². The number of aliphatic hydroxyl groups is 1. The van der Waals surface area contributed by atoms with E-state index in [9.17, 15) is 9.90 Å². The molecule has 4 N–H and O–H groups in total.